The fraction of sp³-hybridized carbons (Fsp3) is 0.900. The zero-order valence-electron chi connectivity index (χ0n) is 8.64. The lowest BCUT2D eigenvalue weighted by Gasteiger charge is -2.21. The summed E-state index contributed by atoms with van der Waals surface area (Å²) < 4.78 is 0. The zero-order valence-corrected chi connectivity index (χ0v) is 9.40. The molecule has 0 saturated heterocycles. The van der Waals surface area contributed by atoms with E-state index in [4.69, 9.17) is 16.4 Å². The summed E-state index contributed by atoms with van der Waals surface area (Å²) in [5.74, 6) is 0. The predicted octanol–water partition coefficient (Wildman–Crippen LogP) is 3.34. The van der Waals surface area contributed by atoms with Gasteiger partial charge in [0.1, 0.15) is 5.60 Å². The maximum Gasteiger partial charge on any atom is 0.129 e. The summed E-state index contributed by atoms with van der Waals surface area (Å²) in [6.07, 6.45) is 4.43. The number of hydrogen-bond acceptors (Lipinski definition) is 2. The standard InChI is InChI=1S/C10H18ClNO/c1-10(2,3)13-12-9-7-5-4-6-8(9)11/h8H,4-7H2,1-3H3. The van der Waals surface area contributed by atoms with Gasteiger partial charge in [0.15, 0.2) is 0 Å². The first-order chi connectivity index (χ1) is 5.99. The van der Waals surface area contributed by atoms with Crippen molar-refractivity contribution >= 4 is 17.3 Å². The van der Waals surface area contributed by atoms with E-state index in [-0.39, 0.29) is 11.0 Å². The monoisotopic (exact) mass is 203 g/mol. The fourth-order valence-electron chi connectivity index (χ4n) is 1.25. The molecule has 2 nitrogen and oxygen atoms in total. The zero-order chi connectivity index (χ0) is 9.90. The molecule has 1 atom stereocenters. The van der Waals surface area contributed by atoms with Crippen molar-refractivity contribution < 1.29 is 4.84 Å². The minimum Gasteiger partial charge on any atom is -0.390 e. The number of rotatable bonds is 1. The lowest BCUT2D eigenvalue weighted by Crippen LogP contribution is -2.23. The minimum atomic E-state index is -0.207. The quantitative estimate of drug-likeness (QED) is 0.473. The van der Waals surface area contributed by atoms with E-state index < -0.39 is 0 Å². The van der Waals surface area contributed by atoms with Crippen molar-refractivity contribution in [3.8, 4) is 0 Å². The molecule has 0 aliphatic heterocycles. The Balaban J connectivity index is 2.49. The highest BCUT2D eigenvalue weighted by Crippen LogP contribution is 2.21. The molecule has 0 spiro atoms. The average molecular weight is 204 g/mol. The summed E-state index contributed by atoms with van der Waals surface area (Å²) in [7, 11) is 0. The number of nitrogens with zero attached hydrogens (tertiary/aromatic N) is 1. The first-order valence-electron chi connectivity index (χ1n) is 4.88. The maximum absolute atomic E-state index is 6.10. The van der Waals surface area contributed by atoms with Gasteiger partial charge in [-0.25, -0.2) is 0 Å². The Bertz CT molecular complexity index is 196. The molecule has 13 heavy (non-hydrogen) atoms. The van der Waals surface area contributed by atoms with Crippen LogP contribution in [0.2, 0.25) is 0 Å². The van der Waals surface area contributed by atoms with Crippen LogP contribution in [0.4, 0.5) is 0 Å². The average Bonchev–Trinajstić information content (AvgIpc) is 2.01. The van der Waals surface area contributed by atoms with E-state index in [1.54, 1.807) is 0 Å². The van der Waals surface area contributed by atoms with Crippen LogP contribution in [0.1, 0.15) is 46.5 Å². The van der Waals surface area contributed by atoms with E-state index in [0.29, 0.717) is 0 Å². The van der Waals surface area contributed by atoms with Gasteiger partial charge in [0, 0.05) is 0 Å². The molecule has 0 aromatic rings. The molecular weight excluding hydrogens is 186 g/mol. The SMILES string of the molecule is CC(C)(C)ON=C1CCCCC1Cl. The molecule has 0 N–H and O–H groups in total. The molecule has 1 saturated carbocycles. The van der Waals surface area contributed by atoms with Crippen molar-refractivity contribution in [1.82, 2.24) is 0 Å². The third kappa shape index (κ3) is 3.99. The number of alkyl halides is 1. The van der Waals surface area contributed by atoms with Crippen molar-refractivity contribution in [3.63, 3.8) is 0 Å². The molecule has 1 aliphatic rings. The summed E-state index contributed by atoms with van der Waals surface area (Å²) in [4.78, 5) is 5.34. The summed E-state index contributed by atoms with van der Waals surface area (Å²) in [5, 5.41) is 4.21. The van der Waals surface area contributed by atoms with Gasteiger partial charge in [-0.3, -0.25) is 0 Å². The molecule has 0 aromatic carbocycles. The summed E-state index contributed by atoms with van der Waals surface area (Å²) >= 11 is 6.10. The third-order valence-corrected chi connectivity index (χ3v) is 2.41. The first-order valence-corrected chi connectivity index (χ1v) is 5.32. The number of halogens is 1. The summed E-state index contributed by atoms with van der Waals surface area (Å²) in [6.45, 7) is 5.97. The van der Waals surface area contributed by atoms with Gasteiger partial charge in [-0.2, -0.15) is 0 Å². The second-order valence-electron chi connectivity index (χ2n) is 4.50. The highest BCUT2D eigenvalue weighted by Gasteiger charge is 2.19. The summed E-state index contributed by atoms with van der Waals surface area (Å²) in [5.41, 5.74) is 0.809. The first kappa shape index (κ1) is 10.8. The second-order valence-corrected chi connectivity index (χ2v) is 5.03. The molecule has 1 fully saturated rings. The summed E-state index contributed by atoms with van der Waals surface area (Å²) in [6, 6.07) is 0. The minimum absolute atomic E-state index is 0.0936. The van der Waals surface area contributed by atoms with Crippen LogP contribution in [-0.2, 0) is 4.84 Å². The Morgan fingerprint density at radius 3 is 2.62 bits per heavy atom. The van der Waals surface area contributed by atoms with Crippen LogP contribution in [0.3, 0.4) is 0 Å². The van der Waals surface area contributed by atoms with E-state index in [0.717, 1.165) is 18.6 Å². The molecule has 0 amide bonds. The van der Waals surface area contributed by atoms with Crippen molar-refractivity contribution in [1.29, 1.82) is 0 Å². The molecule has 0 heterocycles. The Morgan fingerprint density at radius 1 is 1.38 bits per heavy atom. The van der Waals surface area contributed by atoms with E-state index in [1.807, 2.05) is 20.8 Å². The van der Waals surface area contributed by atoms with E-state index in [1.165, 1.54) is 12.8 Å². The van der Waals surface area contributed by atoms with E-state index in [9.17, 15) is 0 Å². The van der Waals surface area contributed by atoms with Crippen molar-refractivity contribution in [3.05, 3.63) is 0 Å². The largest absolute Gasteiger partial charge is 0.390 e. The maximum atomic E-state index is 6.10. The van der Waals surface area contributed by atoms with Crippen LogP contribution in [0.15, 0.2) is 5.16 Å². The van der Waals surface area contributed by atoms with Gasteiger partial charge in [-0.15, -0.1) is 11.6 Å². The highest BCUT2D eigenvalue weighted by atomic mass is 35.5. The third-order valence-electron chi connectivity index (χ3n) is 1.94. The van der Waals surface area contributed by atoms with Crippen LogP contribution in [-0.4, -0.2) is 16.7 Å². The fourth-order valence-corrected chi connectivity index (χ4v) is 1.55. The molecule has 0 radical (unpaired) electrons. The molecule has 1 aliphatic carbocycles. The normalized spacial score (nSPS) is 27.7. The Morgan fingerprint density at radius 2 is 2.08 bits per heavy atom. The van der Waals surface area contributed by atoms with Gasteiger partial charge in [0.25, 0.3) is 0 Å². The Kier molecular flexibility index (Phi) is 3.60. The van der Waals surface area contributed by atoms with Gasteiger partial charge in [-0.05, 0) is 40.0 Å². The molecule has 1 unspecified atom stereocenters. The molecule has 0 aromatic heterocycles. The van der Waals surface area contributed by atoms with Crippen LogP contribution in [0.25, 0.3) is 0 Å². The second kappa shape index (κ2) is 4.32. The number of hydrogen-bond donors (Lipinski definition) is 0. The highest BCUT2D eigenvalue weighted by molar-refractivity contribution is 6.32. The van der Waals surface area contributed by atoms with Gasteiger partial charge in [0.05, 0.1) is 11.1 Å². The van der Waals surface area contributed by atoms with Crippen LogP contribution in [0, 0.1) is 0 Å². The Hall–Kier alpha value is -0.240. The molecular formula is C10H18ClNO. The van der Waals surface area contributed by atoms with E-state index >= 15 is 0 Å². The topological polar surface area (TPSA) is 21.6 Å². The van der Waals surface area contributed by atoms with Crippen molar-refractivity contribution in [2.75, 3.05) is 0 Å². The lowest BCUT2D eigenvalue weighted by atomic mass is 9.98. The molecule has 3 heteroatoms. The molecule has 76 valence electrons. The van der Waals surface area contributed by atoms with Crippen LogP contribution in [0.5, 0.6) is 0 Å². The van der Waals surface area contributed by atoms with Gasteiger partial charge >= 0.3 is 0 Å². The molecule has 0 bridgehead atoms. The molecule has 1 rings (SSSR count). The van der Waals surface area contributed by atoms with Crippen molar-refractivity contribution in [2.45, 2.75) is 57.4 Å². The van der Waals surface area contributed by atoms with Gasteiger partial charge < -0.3 is 4.84 Å². The van der Waals surface area contributed by atoms with Gasteiger partial charge in [0.2, 0.25) is 0 Å². The van der Waals surface area contributed by atoms with Crippen LogP contribution >= 0.6 is 11.6 Å². The van der Waals surface area contributed by atoms with Crippen molar-refractivity contribution in [2.24, 2.45) is 5.16 Å². The van der Waals surface area contributed by atoms with E-state index in [2.05, 4.69) is 5.16 Å². The lowest BCUT2D eigenvalue weighted by molar-refractivity contribution is 0.0000421. The van der Waals surface area contributed by atoms with Gasteiger partial charge in [-0.1, -0.05) is 11.6 Å². The predicted molar refractivity (Wildman–Crippen MR) is 56.4 cm³/mol. The smallest absolute Gasteiger partial charge is 0.129 e. The van der Waals surface area contributed by atoms with Crippen LogP contribution < -0.4 is 0 Å². The Labute approximate surface area is 85.3 Å². The number of oxime groups is 1.